The van der Waals surface area contributed by atoms with Crippen LogP contribution >= 0.6 is 0 Å². The van der Waals surface area contributed by atoms with Crippen molar-refractivity contribution in [2.45, 2.75) is 97.4 Å². The first-order valence-electron chi connectivity index (χ1n) is 15.3. The van der Waals surface area contributed by atoms with Gasteiger partial charge in [-0.25, -0.2) is 4.79 Å². The average molecular weight is 639 g/mol. The van der Waals surface area contributed by atoms with Gasteiger partial charge in [-0.05, 0) is 54.0 Å². The van der Waals surface area contributed by atoms with E-state index in [-0.39, 0.29) is 19.3 Å². The highest BCUT2D eigenvalue weighted by atomic mass is 16.6. The molecule has 46 heavy (non-hydrogen) atoms. The Morgan fingerprint density at radius 2 is 1.46 bits per heavy atom. The van der Waals surface area contributed by atoms with Gasteiger partial charge in [-0.1, -0.05) is 43.8 Å². The molecule has 1 unspecified atom stereocenters. The topological polar surface area (TPSA) is 152 Å². The molecule has 9 atom stereocenters. The van der Waals surface area contributed by atoms with Crippen molar-refractivity contribution in [3.05, 3.63) is 65.3 Å². The van der Waals surface area contributed by atoms with Gasteiger partial charge in [-0.15, -0.1) is 0 Å². The molecule has 248 valence electrons. The van der Waals surface area contributed by atoms with Crippen LogP contribution in [0.4, 0.5) is 0 Å². The number of carbonyl (C=O) groups excluding carboxylic acids is 5. The molecule has 4 rings (SSSR count). The van der Waals surface area contributed by atoms with E-state index in [1.165, 1.54) is 33.8 Å². The molecule has 3 aliphatic carbocycles. The van der Waals surface area contributed by atoms with E-state index in [4.69, 9.17) is 23.7 Å². The van der Waals surface area contributed by atoms with Gasteiger partial charge in [0, 0.05) is 46.1 Å². The Bertz CT molecular complexity index is 1440. The number of hydrogen-bond acceptors (Lipinski definition) is 11. The number of fused-ring (bicyclic) bond motifs is 3. The van der Waals surface area contributed by atoms with Crippen LogP contribution in [-0.2, 0) is 47.7 Å². The van der Waals surface area contributed by atoms with Crippen molar-refractivity contribution in [2.75, 3.05) is 0 Å². The Morgan fingerprint density at radius 1 is 0.848 bits per heavy atom. The lowest BCUT2D eigenvalue weighted by molar-refractivity contribution is -0.219. The zero-order valence-electron chi connectivity index (χ0n) is 27.0. The summed E-state index contributed by atoms with van der Waals surface area (Å²) in [5.74, 6) is -4.77. The lowest BCUT2D eigenvalue weighted by atomic mass is 9.53. The molecule has 0 radical (unpaired) electrons. The summed E-state index contributed by atoms with van der Waals surface area (Å²) >= 11 is 0. The third-order valence-electron chi connectivity index (χ3n) is 9.32. The summed E-state index contributed by atoms with van der Waals surface area (Å²) in [5.41, 5.74) is 0.823. The second-order valence-corrected chi connectivity index (χ2v) is 12.5. The van der Waals surface area contributed by atoms with Crippen LogP contribution in [0.25, 0.3) is 6.08 Å². The Hall–Kier alpha value is -4.25. The number of carbonyl (C=O) groups is 5. The standard InChI is InChI=1S/C35H42O11/c1-18-26-15-25(16-27(18)42-20(3)36)32(41)31-19(2)28(46-30(40)14-13-24-11-9-8-10-12-24)17-29(43-21(4)37)35(31,7)34(45-23(6)39)33(26)44-22(5)38/h8-14,25,27-29,31-34,41H,2,15-17H2,1,3-7H3/t25-,27-,28+,29-,31?,32-,33-,34+,35-/m1/s1. The van der Waals surface area contributed by atoms with Crippen molar-refractivity contribution in [1.82, 2.24) is 0 Å². The fourth-order valence-corrected chi connectivity index (χ4v) is 7.34. The van der Waals surface area contributed by atoms with Crippen molar-refractivity contribution in [3.63, 3.8) is 0 Å². The second-order valence-electron chi connectivity index (χ2n) is 12.5. The van der Waals surface area contributed by atoms with Crippen LogP contribution in [0.3, 0.4) is 0 Å². The fraction of sp³-hybridized carbons (Fsp3) is 0.514. The van der Waals surface area contributed by atoms with Gasteiger partial charge in [-0.3, -0.25) is 19.2 Å². The molecular weight excluding hydrogens is 596 g/mol. The molecule has 2 fully saturated rings. The molecule has 2 bridgehead atoms. The molecule has 11 heteroatoms. The minimum atomic E-state index is -1.42. The molecule has 2 saturated carbocycles. The van der Waals surface area contributed by atoms with E-state index < -0.39 is 83.7 Å². The van der Waals surface area contributed by atoms with Gasteiger partial charge < -0.3 is 28.8 Å². The summed E-state index contributed by atoms with van der Waals surface area (Å²) in [6.45, 7) is 12.6. The maximum absolute atomic E-state index is 13.0. The Morgan fingerprint density at radius 3 is 2.04 bits per heavy atom. The van der Waals surface area contributed by atoms with Crippen molar-refractivity contribution in [1.29, 1.82) is 0 Å². The first-order valence-corrected chi connectivity index (χ1v) is 15.3. The van der Waals surface area contributed by atoms with E-state index in [0.29, 0.717) is 16.7 Å². The summed E-state index contributed by atoms with van der Waals surface area (Å²) in [6.07, 6.45) is -3.24. The number of aliphatic hydroxyl groups excluding tert-OH is 1. The summed E-state index contributed by atoms with van der Waals surface area (Å²) < 4.78 is 29.2. The Balaban J connectivity index is 1.86. The number of aliphatic hydroxyl groups is 1. The van der Waals surface area contributed by atoms with Crippen molar-refractivity contribution < 1.29 is 52.8 Å². The fourth-order valence-electron chi connectivity index (χ4n) is 7.34. The molecule has 0 aromatic heterocycles. The SMILES string of the molecule is C=C1C2[C@H](O)[C@@H]3CC(=C(C)[C@H](OC(C)=O)C3)[C@@H](OC(C)=O)[C@H](OC(C)=O)[C@]2(C)[C@H](OC(C)=O)C[C@@H]1OC(=O)C=Cc1ccccc1. The minimum Gasteiger partial charge on any atom is -0.462 e. The molecule has 1 aromatic rings. The first-order chi connectivity index (χ1) is 21.6. The van der Waals surface area contributed by atoms with E-state index in [9.17, 15) is 29.1 Å². The van der Waals surface area contributed by atoms with Gasteiger partial charge in [0.15, 0.2) is 12.2 Å². The van der Waals surface area contributed by atoms with Crippen LogP contribution in [0.5, 0.6) is 0 Å². The number of hydrogen-bond donors (Lipinski definition) is 1. The number of ether oxygens (including phenoxy) is 5. The summed E-state index contributed by atoms with van der Waals surface area (Å²) in [6, 6.07) is 9.16. The molecule has 1 aromatic carbocycles. The predicted octanol–water partition coefficient (Wildman–Crippen LogP) is 4.02. The van der Waals surface area contributed by atoms with Crippen molar-refractivity contribution >= 4 is 35.9 Å². The molecule has 3 aliphatic rings. The van der Waals surface area contributed by atoms with Gasteiger partial charge in [0.1, 0.15) is 18.3 Å². The van der Waals surface area contributed by atoms with E-state index in [2.05, 4.69) is 6.58 Å². The first kappa shape index (κ1) is 34.6. The van der Waals surface area contributed by atoms with Gasteiger partial charge in [0.05, 0.1) is 11.5 Å². The van der Waals surface area contributed by atoms with Crippen LogP contribution in [0.1, 0.15) is 66.4 Å². The highest BCUT2D eigenvalue weighted by molar-refractivity contribution is 5.87. The highest BCUT2D eigenvalue weighted by Gasteiger charge is 2.64. The second kappa shape index (κ2) is 14.0. The van der Waals surface area contributed by atoms with Gasteiger partial charge in [0.25, 0.3) is 0 Å². The zero-order chi connectivity index (χ0) is 33.9. The average Bonchev–Trinajstić information content (AvgIpc) is 2.96. The minimum absolute atomic E-state index is 0.0631. The maximum atomic E-state index is 13.0. The molecule has 0 saturated heterocycles. The van der Waals surface area contributed by atoms with E-state index in [1.807, 2.05) is 30.3 Å². The van der Waals surface area contributed by atoms with Crippen molar-refractivity contribution in [3.8, 4) is 0 Å². The summed E-state index contributed by atoms with van der Waals surface area (Å²) in [5, 5.41) is 12.2. The zero-order valence-corrected chi connectivity index (χ0v) is 27.0. The molecular formula is C35H42O11. The van der Waals surface area contributed by atoms with Gasteiger partial charge in [-0.2, -0.15) is 0 Å². The molecule has 0 heterocycles. The van der Waals surface area contributed by atoms with E-state index in [0.717, 1.165) is 5.56 Å². The van der Waals surface area contributed by atoms with Crippen LogP contribution in [0, 0.1) is 17.3 Å². The third-order valence-corrected chi connectivity index (χ3v) is 9.32. The maximum Gasteiger partial charge on any atom is 0.331 e. The van der Waals surface area contributed by atoms with Crippen molar-refractivity contribution in [2.24, 2.45) is 17.3 Å². The lowest BCUT2D eigenvalue weighted by Gasteiger charge is -2.58. The Labute approximate surface area is 268 Å². The quantitative estimate of drug-likeness (QED) is 0.200. The predicted molar refractivity (Wildman–Crippen MR) is 164 cm³/mol. The van der Waals surface area contributed by atoms with Crippen LogP contribution in [0.2, 0.25) is 0 Å². The molecule has 1 N–H and O–H groups in total. The monoisotopic (exact) mass is 638 g/mol. The van der Waals surface area contributed by atoms with Crippen LogP contribution in [-0.4, -0.2) is 71.6 Å². The molecule has 0 amide bonds. The number of rotatable bonds is 7. The highest BCUT2D eigenvalue weighted by Crippen LogP contribution is 2.57. The largest absolute Gasteiger partial charge is 0.462 e. The van der Waals surface area contributed by atoms with Crippen LogP contribution < -0.4 is 0 Å². The summed E-state index contributed by atoms with van der Waals surface area (Å²) in [7, 11) is 0. The third kappa shape index (κ3) is 7.25. The summed E-state index contributed by atoms with van der Waals surface area (Å²) in [4.78, 5) is 62.9. The van der Waals surface area contributed by atoms with E-state index >= 15 is 0 Å². The van der Waals surface area contributed by atoms with Crippen LogP contribution in [0.15, 0.2) is 59.7 Å². The van der Waals surface area contributed by atoms with Gasteiger partial charge >= 0.3 is 29.8 Å². The normalized spacial score (nSPS) is 32.4. The Kier molecular flexibility index (Phi) is 10.6. The molecule has 11 nitrogen and oxygen atoms in total. The smallest absolute Gasteiger partial charge is 0.331 e. The molecule has 0 spiro atoms. The van der Waals surface area contributed by atoms with E-state index in [1.54, 1.807) is 19.9 Å². The van der Waals surface area contributed by atoms with Gasteiger partial charge in [0.2, 0.25) is 0 Å². The lowest BCUT2D eigenvalue weighted by Crippen LogP contribution is -2.66. The molecule has 0 aliphatic heterocycles. The number of esters is 5. The number of benzene rings is 1.